The summed E-state index contributed by atoms with van der Waals surface area (Å²) in [6, 6.07) is 5.28. The van der Waals surface area contributed by atoms with E-state index in [1.54, 1.807) is 0 Å². The van der Waals surface area contributed by atoms with Gasteiger partial charge in [-0.2, -0.15) is 13.2 Å². The molecule has 1 aromatic carbocycles. The van der Waals surface area contributed by atoms with Gasteiger partial charge in [-0.1, -0.05) is 13.8 Å². The molecule has 0 saturated carbocycles. The number of alkyl halides is 3. The minimum atomic E-state index is -4.30. The fourth-order valence-corrected chi connectivity index (χ4v) is 1.79. The van der Waals surface area contributed by atoms with Crippen LogP contribution in [-0.4, -0.2) is 18.7 Å². The molecule has 1 N–H and O–H groups in total. The fourth-order valence-electron chi connectivity index (χ4n) is 1.79. The molecular formula is C15H22F3NO. The van der Waals surface area contributed by atoms with Crippen LogP contribution in [0, 0.1) is 0 Å². The lowest BCUT2D eigenvalue weighted by molar-refractivity contribution is -0.137. The molecule has 0 saturated heterocycles. The molecule has 1 rings (SSSR count). The van der Waals surface area contributed by atoms with Crippen LogP contribution in [0.5, 0.6) is 5.75 Å². The average Bonchev–Trinajstić information content (AvgIpc) is 2.34. The zero-order valence-corrected chi connectivity index (χ0v) is 12.1. The van der Waals surface area contributed by atoms with Crippen molar-refractivity contribution in [2.24, 2.45) is 0 Å². The third kappa shape index (κ3) is 6.28. The van der Waals surface area contributed by atoms with Crippen LogP contribution in [0.4, 0.5) is 13.2 Å². The standard InChI is InChI=1S/C15H22F3NO/c1-11(2)19-10-4-5-12(3)20-14-8-6-13(7-9-14)15(16,17)18/h6-9,11-12,19H,4-5,10H2,1-3H3. The third-order valence-electron chi connectivity index (χ3n) is 2.86. The van der Waals surface area contributed by atoms with Crippen LogP contribution in [0.1, 0.15) is 39.2 Å². The second kappa shape index (κ2) is 7.53. The molecule has 0 heterocycles. The highest BCUT2D eigenvalue weighted by Gasteiger charge is 2.30. The molecule has 0 radical (unpaired) electrons. The number of nitrogens with one attached hydrogen (secondary N) is 1. The quantitative estimate of drug-likeness (QED) is 0.758. The molecule has 2 nitrogen and oxygen atoms in total. The zero-order valence-electron chi connectivity index (χ0n) is 12.1. The van der Waals surface area contributed by atoms with Gasteiger partial charge in [-0.3, -0.25) is 0 Å². The maximum Gasteiger partial charge on any atom is 0.416 e. The van der Waals surface area contributed by atoms with E-state index in [4.69, 9.17) is 4.74 Å². The lowest BCUT2D eigenvalue weighted by Crippen LogP contribution is -2.25. The van der Waals surface area contributed by atoms with Crippen molar-refractivity contribution in [2.45, 2.75) is 51.9 Å². The maximum absolute atomic E-state index is 12.4. The first-order valence-electron chi connectivity index (χ1n) is 6.86. The Kier molecular flexibility index (Phi) is 6.33. The van der Waals surface area contributed by atoms with Gasteiger partial charge in [-0.15, -0.1) is 0 Å². The van der Waals surface area contributed by atoms with Crippen LogP contribution in [0.25, 0.3) is 0 Å². The van der Waals surface area contributed by atoms with Gasteiger partial charge in [-0.25, -0.2) is 0 Å². The van der Waals surface area contributed by atoms with Crippen molar-refractivity contribution in [2.75, 3.05) is 6.54 Å². The van der Waals surface area contributed by atoms with E-state index in [1.807, 2.05) is 6.92 Å². The molecule has 0 spiro atoms. The zero-order chi connectivity index (χ0) is 15.2. The number of halogens is 3. The lowest BCUT2D eigenvalue weighted by atomic mass is 10.2. The average molecular weight is 289 g/mol. The summed E-state index contributed by atoms with van der Waals surface area (Å²) in [6.07, 6.45) is -2.48. The summed E-state index contributed by atoms with van der Waals surface area (Å²) >= 11 is 0. The molecule has 1 unspecified atom stereocenters. The van der Waals surface area contributed by atoms with Gasteiger partial charge in [-0.05, 0) is 50.6 Å². The maximum atomic E-state index is 12.4. The molecule has 0 aliphatic carbocycles. The van der Waals surface area contributed by atoms with E-state index in [0.29, 0.717) is 11.8 Å². The third-order valence-corrected chi connectivity index (χ3v) is 2.86. The van der Waals surface area contributed by atoms with Crippen molar-refractivity contribution < 1.29 is 17.9 Å². The molecule has 5 heteroatoms. The molecule has 0 aliphatic heterocycles. The SMILES string of the molecule is CC(C)NCCCC(C)Oc1ccc(C(F)(F)F)cc1. The van der Waals surface area contributed by atoms with Crippen molar-refractivity contribution in [3.8, 4) is 5.75 Å². The predicted octanol–water partition coefficient (Wildman–Crippen LogP) is 4.25. The molecule has 1 atom stereocenters. The molecular weight excluding hydrogens is 267 g/mol. The number of benzene rings is 1. The van der Waals surface area contributed by atoms with E-state index in [-0.39, 0.29) is 6.10 Å². The van der Waals surface area contributed by atoms with E-state index in [1.165, 1.54) is 12.1 Å². The summed E-state index contributed by atoms with van der Waals surface area (Å²) in [6.45, 7) is 7.01. The summed E-state index contributed by atoms with van der Waals surface area (Å²) < 4.78 is 42.8. The Morgan fingerprint density at radius 3 is 2.20 bits per heavy atom. The van der Waals surface area contributed by atoms with Gasteiger partial charge in [0.15, 0.2) is 0 Å². The first-order valence-corrected chi connectivity index (χ1v) is 6.86. The number of hydrogen-bond acceptors (Lipinski definition) is 2. The first kappa shape index (κ1) is 16.8. The Morgan fingerprint density at radius 2 is 1.70 bits per heavy atom. The van der Waals surface area contributed by atoms with Crippen LogP contribution >= 0.6 is 0 Å². The Hall–Kier alpha value is -1.23. The Balaban J connectivity index is 2.37. The van der Waals surface area contributed by atoms with Gasteiger partial charge in [0.25, 0.3) is 0 Å². The largest absolute Gasteiger partial charge is 0.491 e. The van der Waals surface area contributed by atoms with Crippen molar-refractivity contribution in [1.29, 1.82) is 0 Å². The van der Waals surface area contributed by atoms with Crippen molar-refractivity contribution in [1.82, 2.24) is 5.32 Å². The number of ether oxygens (including phenoxy) is 1. The summed E-state index contributed by atoms with van der Waals surface area (Å²) in [5.41, 5.74) is -0.654. The normalized spacial score (nSPS) is 13.6. The lowest BCUT2D eigenvalue weighted by Gasteiger charge is -2.16. The monoisotopic (exact) mass is 289 g/mol. The molecule has 0 fully saturated rings. The molecule has 0 bridgehead atoms. The predicted molar refractivity (Wildman–Crippen MR) is 73.9 cm³/mol. The van der Waals surface area contributed by atoms with E-state index in [2.05, 4.69) is 19.2 Å². The highest BCUT2D eigenvalue weighted by Crippen LogP contribution is 2.30. The van der Waals surface area contributed by atoms with Crippen LogP contribution in [0.3, 0.4) is 0 Å². The summed E-state index contributed by atoms with van der Waals surface area (Å²) in [7, 11) is 0. The van der Waals surface area contributed by atoms with Gasteiger partial charge >= 0.3 is 6.18 Å². The topological polar surface area (TPSA) is 21.3 Å². The van der Waals surface area contributed by atoms with Crippen LogP contribution in [-0.2, 0) is 6.18 Å². The van der Waals surface area contributed by atoms with Crippen molar-refractivity contribution in [3.05, 3.63) is 29.8 Å². The molecule has 20 heavy (non-hydrogen) atoms. The van der Waals surface area contributed by atoms with Crippen LogP contribution in [0.15, 0.2) is 24.3 Å². The van der Waals surface area contributed by atoms with Gasteiger partial charge in [0.05, 0.1) is 11.7 Å². The first-order chi connectivity index (χ1) is 9.29. The van der Waals surface area contributed by atoms with Crippen molar-refractivity contribution >= 4 is 0 Å². The molecule has 1 aromatic rings. The second-order valence-electron chi connectivity index (χ2n) is 5.20. The summed E-state index contributed by atoms with van der Waals surface area (Å²) in [5, 5.41) is 3.31. The summed E-state index contributed by atoms with van der Waals surface area (Å²) in [5.74, 6) is 0.474. The van der Waals surface area contributed by atoms with Gasteiger partial charge < -0.3 is 10.1 Å². The molecule has 0 aliphatic rings. The van der Waals surface area contributed by atoms with Gasteiger partial charge in [0.2, 0.25) is 0 Å². The summed E-state index contributed by atoms with van der Waals surface area (Å²) in [4.78, 5) is 0. The molecule has 114 valence electrons. The Bertz CT molecular complexity index is 387. The van der Waals surface area contributed by atoms with E-state index < -0.39 is 11.7 Å². The van der Waals surface area contributed by atoms with E-state index in [0.717, 1.165) is 31.5 Å². The fraction of sp³-hybridized carbons (Fsp3) is 0.600. The molecule has 0 amide bonds. The van der Waals surface area contributed by atoms with Crippen LogP contribution in [0.2, 0.25) is 0 Å². The van der Waals surface area contributed by atoms with Gasteiger partial charge in [0.1, 0.15) is 5.75 Å². The Morgan fingerprint density at radius 1 is 1.10 bits per heavy atom. The number of rotatable bonds is 7. The van der Waals surface area contributed by atoms with Gasteiger partial charge in [0, 0.05) is 6.04 Å². The van der Waals surface area contributed by atoms with E-state index in [9.17, 15) is 13.2 Å². The van der Waals surface area contributed by atoms with Crippen LogP contribution < -0.4 is 10.1 Å². The minimum absolute atomic E-state index is 0.0132. The highest BCUT2D eigenvalue weighted by molar-refractivity contribution is 5.28. The smallest absolute Gasteiger partial charge is 0.416 e. The number of hydrogen-bond donors (Lipinski definition) is 1. The Labute approximate surface area is 118 Å². The minimum Gasteiger partial charge on any atom is -0.491 e. The highest BCUT2D eigenvalue weighted by atomic mass is 19.4. The second-order valence-corrected chi connectivity index (χ2v) is 5.20. The molecule has 0 aromatic heterocycles. The van der Waals surface area contributed by atoms with E-state index >= 15 is 0 Å². The van der Waals surface area contributed by atoms with Crippen molar-refractivity contribution in [3.63, 3.8) is 0 Å².